The number of halogens is 1. The summed E-state index contributed by atoms with van der Waals surface area (Å²) in [4.78, 5) is 13.3. The van der Waals surface area contributed by atoms with E-state index >= 15 is 0 Å². The molecule has 1 aromatic rings. The van der Waals surface area contributed by atoms with Crippen LogP contribution >= 0.6 is 12.6 Å². The molecule has 5 heteroatoms. The smallest absolute Gasteiger partial charge is 0.227 e. The van der Waals surface area contributed by atoms with E-state index in [2.05, 4.69) is 12.6 Å². The lowest BCUT2D eigenvalue weighted by molar-refractivity contribution is -0.117. The van der Waals surface area contributed by atoms with E-state index in [-0.39, 0.29) is 17.4 Å². The van der Waals surface area contributed by atoms with Crippen LogP contribution in [0.2, 0.25) is 0 Å². The summed E-state index contributed by atoms with van der Waals surface area (Å²) in [5.74, 6) is 0.242. The number of nitrogens with zero attached hydrogens (tertiary/aromatic N) is 2. The minimum Gasteiger partial charge on any atom is -0.312 e. The number of carbonyl (C=O) groups is 1. The highest BCUT2D eigenvalue weighted by Gasteiger charge is 2.29. The van der Waals surface area contributed by atoms with Gasteiger partial charge in [0.1, 0.15) is 11.9 Å². The lowest BCUT2D eigenvalue weighted by Crippen LogP contribution is -2.24. The highest BCUT2D eigenvalue weighted by Crippen LogP contribution is 2.26. The summed E-state index contributed by atoms with van der Waals surface area (Å²) in [6.45, 7) is 0.563. The third-order valence-corrected chi connectivity index (χ3v) is 3.36. The monoisotopic (exact) mass is 250 g/mol. The summed E-state index contributed by atoms with van der Waals surface area (Å²) in [6.07, 6.45) is 0.450. The second-order valence-corrected chi connectivity index (χ2v) is 4.40. The van der Waals surface area contributed by atoms with Crippen LogP contribution in [0.25, 0.3) is 0 Å². The van der Waals surface area contributed by atoms with Crippen LogP contribution in [0, 0.1) is 23.1 Å². The normalized spacial score (nSPS) is 19.5. The number of benzene rings is 1. The number of anilines is 1. The Bertz CT molecular complexity index is 498. The molecule has 0 spiro atoms. The molecular formula is C12H11FN2OS. The number of carbonyl (C=O) groups excluding carboxylic acids is 1. The second kappa shape index (κ2) is 4.76. The molecule has 1 heterocycles. The Morgan fingerprint density at radius 3 is 2.88 bits per heavy atom. The number of hydrogen-bond donors (Lipinski definition) is 1. The van der Waals surface area contributed by atoms with Crippen molar-refractivity contribution in [3.05, 3.63) is 29.6 Å². The molecule has 0 aromatic heterocycles. The van der Waals surface area contributed by atoms with Gasteiger partial charge in [0.05, 0.1) is 5.56 Å². The third-order valence-electron chi connectivity index (χ3n) is 2.85. The Balaban J connectivity index is 2.27. The molecule has 1 atom stereocenters. The lowest BCUT2D eigenvalue weighted by Gasteiger charge is -2.16. The van der Waals surface area contributed by atoms with Crippen molar-refractivity contribution in [3.8, 4) is 6.07 Å². The molecule has 0 radical (unpaired) electrons. The Labute approximate surface area is 104 Å². The summed E-state index contributed by atoms with van der Waals surface area (Å²) in [7, 11) is 0. The van der Waals surface area contributed by atoms with Gasteiger partial charge in [0.25, 0.3) is 0 Å². The van der Waals surface area contributed by atoms with Crippen molar-refractivity contribution in [2.45, 2.75) is 6.42 Å². The molecular weight excluding hydrogens is 239 g/mol. The van der Waals surface area contributed by atoms with Crippen molar-refractivity contribution < 1.29 is 9.18 Å². The molecule has 0 saturated carbocycles. The minimum atomic E-state index is -0.591. The number of thiol groups is 1. The Morgan fingerprint density at radius 1 is 1.59 bits per heavy atom. The zero-order valence-electron chi connectivity index (χ0n) is 9.06. The SMILES string of the molecule is N#Cc1ccc(N2CC(CS)CC2=O)cc1F. The average Bonchev–Trinajstić information content (AvgIpc) is 2.70. The molecule has 1 aliphatic heterocycles. The average molecular weight is 250 g/mol. The van der Waals surface area contributed by atoms with Crippen LogP contribution in [0.4, 0.5) is 10.1 Å². The van der Waals surface area contributed by atoms with Crippen LogP contribution in [0.3, 0.4) is 0 Å². The molecule has 0 N–H and O–H groups in total. The van der Waals surface area contributed by atoms with Gasteiger partial charge in [0.15, 0.2) is 0 Å². The van der Waals surface area contributed by atoms with E-state index < -0.39 is 5.82 Å². The van der Waals surface area contributed by atoms with Crippen LogP contribution in [0.1, 0.15) is 12.0 Å². The zero-order chi connectivity index (χ0) is 12.4. The van der Waals surface area contributed by atoms with Crippen molar-refractivity contribution in [3.63, 3.8) is 0 Å². The van der Waals surface area contributed by atoms with Gasteiger partial charge in [-0.3, -0.25) is 4.79 Å². The first-order valence-electron chi connectivity index (χ1n) is 5.26. The van der Waals surface area contributed by atoms with Gasteiger partial charge in [-0.05, 0) is 29.9 Å². The maximum atomic E-state index is 13.4. The number of hydrogen-bond acceptors (Lipinski definition) is 3. The van der Waals surface area contributed by atoms with E-state index in [1.165, 1.54) is 12.1 Å². The minimum absolute atomic E-state index is 0.00820. The summed E-state index contributed by atoms with van der Waals surface area (Å²) < 4.78 is 13.4. The predicted molar refractivity (Wildman–Crippen MR) is 65.4 cm³/mol. The Morgan fingerprint density at radius 2 is 2.35 bits per heavy atom. The van der Waals surface area contributed by atoms with Gasteiger partial charge >= 0.3 is 0 Å². The number of nitriles is 1. The maximum absolute atomic E-state index is 13.4. The summed E-state index contributed by atoms with van der Waals surface area (Å²) in [5.41, 5.74) is 0.502. The third kappa shape index (κ3) is 2.27. The van der Waals surface area contributed by atoms with Gasteiger partial charge in [-0.2, -0.15) is 17.9 Å². The Kier molecular flexibility index (Phi) is 3.34. The first-order valence-corrected chi connectivity index (χ1v) is 5.90. The molecule has 1 amide bonds. The highest BCUT2D eigenvalue weighted by molar-refractivity contribution is 7.80. The van der Waals surface area contributed by atoms with Crippen LogP contribution in [0.15, 0.2) is 18.2 Å². The lowest BCUT2D eigenvalue weighted by atomic mass is 10.1. The van der Waals surface area contributed by atoms with Crippen molar-refractivity contribution in [2.75, 3.05) is 17.2 Å². The molecule has 17 heavy (non-hydrogen) atoms. The largest absolute Gasteiger partial charge is 0.312 e. The van der Waals surface area contributed by atoms with E-state index in [9.17, 15) is 9.18 Å². The second-order valence-electron chi connectivity index (χ2n) is 4.03. The van der Waals surface area contributed by atoms with E-state index in [1.54, 1.807) is 17.0 Å². The molecule has 88 valence electrons. The first-order chi connectivity index (χ1) is 8.15. The number of amides is 1. The summed E-state index contributed by atoms with van der Waals surface area (Å²) in [5, 5.41) is 8.63. The molecule has 1 saturated heterocycles. The quantitative estimate of drug-likeness (QED) is 0.816. The standard InChI is InChI=1S/C12H11FN2OS/c13-11-4-10(2-1-9(11)5-14)15-6-8(7-17)3-12(15)16/h1-2,4,8,17H,3,6-7H2. The fourth-order valence-corrected chi connectivity index (χ4v) is 2.16. The van der Waals surface area contributed by atoms with E-state index in [1.807, 2.05) is 0 Å². The molecule has 1 fully saturated rings. The molecule has 1 aliphatic rings. The van der Waals surface area contributed by atoms with Gasteiger partial charge < -0.3 is 4.90 Å². The van der Waals surface area contributed by atoms with Gasteiger partial charge in [-0.1, -0.05) is 0 Å². The van der Waals surface area contributed by atoms with Gasteiger partial charge in [-0.15, -0.1) is 0 Å². The molecule has 2 rings (SSSR count). The van der Waals surface area contributed by atoms with Crippen LogP contribution in [0.5, 0.6) is 0 Å². The van der Waals surface area contributed by atoms with Gasteiger partial charge in [-0.25, -0.2) is 4.39 Å². The van der Waals surface area contributed by atoms with Crippen LogP contribution in [-0.4, -0.2) is 18.2 Å². The van der Waals surface area contributed by atoms with Crippen LogP contribution in [-0.2, 0) is 4.79 Å². The van der Waals surface area contributed by atoms with Gasteiger partial charge in [0.2, 0.25) is 5.91 Å². The molecule has 3 nitrogen and oxygen atoms in total. The van der Waals surface area contributed by atoms with Crippen molar-refractivity contribution in [1.29, 1.82) is 5.26 Å². The van der Waals surface area contributed by atoms with E-state index in [0.717, 1.165) is 0 Å². The topological polar surface area (TPSA) is 44.1 Å². The number of rotatable bonds is 2. The fourth-order valence-electron chi connectivity index (χ4n) is 1.92. The van der Waals surface area contributed by atoms with Crippen LogP contribution < -0.4 is 4.90 Å². The van der Waals surface area contributed by atoms with E-state index in [4.69, 9.17) is 5.26 Å². The maximum Gasteiger partial charge on any atom is 0.227 e. The Hall–Kier alpha value is -1.54. The van der Waals surface area contributed by atoms with Crippen molar-refractivity contribution >= 4 is 24.2 Å². The first kappa shape index (κ1) is 11.9. The highest BCUT2D eigenvalue weighted by atomic mass is 32.1. The zero-order valence-corrected chi connectivity index (χ0v) is 9.95. The van der Waals surface area contributed by atoms with E-state index in [0.29, 0.717) is 24.4 Å². The summed E-state index contributed by atoms with van der Waals surface area (Å²) in [6, 6.07) is 5.98. The fraction of sp³-hybridized carbons (Fsp3) is 0.333. The summed E-state index contributed by atoms with van der Waals surface area (Å²) >= 11 is 4.17. The molecule has 1 aromatic carbocycles. The van der Waals surface area contributed by atoms with Crippen molar-refractivity contribution in [1.82, 2.24) is 0 Å². The van der Waals surface area contributed by atoms with Crippen molar-refractivity contribution in [2.24, 2.45) is 5.92 Å². The predicted octanol–water partition coefficient (Wildman–Crippen LogP) is 1.98. The molecule has 0 bridgehead atoms. The van der Waals surface area contributed by atoms with Gasteiger partial charge in [0, 0.05) is 18.7 Å². The molecule has 0 aliphatic carbocycles. The molecule has 1 unspecified atom stereocenters.